The number of benzene rings is 3. The summed E-state index contributed by atoms with van der Waals surface area (Å²) in [7, 11) is -2.15. The summed E-state index contributed by atoms with van der Waals surface area (Å²) in [4.78, 5) is 0. The SMILES string of the molecule is CC1(CCC[PH](c2ccccc2)(c2ccccc2)c2ccccc2)CCCN1O. The van der Waals surface area contributed by atoms with Crippen molar-refractivity contribution < 1.29 is 5.21 Å². The van der Waals surface area contributed by atoms with Crippen molar-refractivity contribution in [3.05, 3.63) is 91.0 Å². The molecule has 1 saturated heterocycles. The van der Waals surface area contributed by atoms with Gasteiger partial charge in [0.15, 0.2) is 0 Å². The van der Waals surface area contributed by atoms with E-state index in [1.165, 1.54) is 15.9 Å². The fraction of sp³-hybridized carbons (Fsp3) is 0.308. The fourth-order valence-corrected chi connectivity index (χ4v) is 9.96. The maximum absolute atomic E-state index is 10.4. The fourth-order valence-electron chi connectivity index (χ4n) is 5.10. The molecule has 1 aliphatic heterocycles. The van der Waals surface area contributed by atoms with Crippen LogP contribution in [0.5, 0.6) is 0 Å². The second-order valence-electron chi connectivity index (χ2n) is 8.58. The molecule has 1 unspecified atom stereocenters. The van der Waals surface area contributed by atoms with Gasteiger partial charge in [-0.25, -0.2) is 0 Å². The average Bonchev–Trinajstić information content (AvgIpc) is 3.11. The van der Waals surface area contributed by atoms with Gasteiger partial charge >= 0.3 is 175 Å². The van der Waals surface area contributed by atoms with Crippen molar-refractivity contribution >= 4 is 23.2 Å². The van der Waals surface area contributed by atoms with E-state index in [4.69, 9.17) is 0 Å². The van der Waals surface area contributed by atoms with Crippen molar-refractivity contribution in [3.63, 3.8) is 0 Å². The zero-order chi connectivity index (χ0) is 20.2. The number of nitrogens with zero attached hydrogens (tertiary/aromatic N) is 1. The summed E-state index contributed by atoms with van der Waals surface area (Å²) >= 11 is 0. The van der Waals surface area contributed by atoms with Crippen LogP contribution in [0, 0.1) is 0 Å². The quantitative estimate of drug-likeness (QED) is 0.574. The Balaban J connectivity index is 1.76. The number of hydroxylamine groups is 2. The Kier molecular flexibility index (Phi) is 6.15. The normalized spacial score (nSPS) is 20.6. The Morgan fingerprint density at radius 2 is 1.24 bits per heavy atom. The summed E-state index contributed by atoms with van der Waals surface area (Å²) in [6, 6.07) is 33.3. The van der Waals surface area contributed by atoms with E-state index in [2.05, 4.69) is 97.9 Å². The van der Waals surface area contributed by atoms with Crippen LogP contribution in [0.25, 0.3) is 0 Å². The Morgan fingerprint density at radius 3 is 1.62 bits per heavy atom. The molecule has 3 aromatic carbocycles. The van der Waals surface area contributed by atoms with Crippen LogP contribution in [-0.2, 0) is 0 Å². The molecule has 3 heteroatoms. The van der Waals surface area contributed by atoms with E-state index in [1.54, 1.807) is 5.06 Å². The zero-order valence-corrected chi connectivity index (χ0v) is 18.3. The summed E-state index contributed by atoms with van der Waals surface area (Å²) < 4.78 is 0. The summed E-state index contributed by atoms with van der Waals surface area (Å²) in [6.45, 7) is 3.02. The third-order valence-corrected chi connectivity index (χ3v) is 11.8. The van der Waals surface area contributed by atoms with Crippen molar-refractivity contribution in [2.45, 2.75) is 38.1 Å². The van der Waals surface area contributed by atoms with Gasteiger partial charge in [0.05, 0.1) is 0 Å². The summed E-state index contributed by atoms with van der Waals surface area (Å²) in [5, 5.41) is 16.4. The third-order valence-electron chi connectivity index (χ3n) is 6.78. The molecule has 152 valence electrons. The van der Waals surface area contributed by atoms with Gasteiger partial charge in [-0.05, 0) is 0 Å². The molecule has 4 rings (SSSR count). The molecule has 1 aliphatic rings. The second kappa shape index (κ2) is 8.79. The average molecular weight is 406 g/mol. The number of rotatable bonds is 7. The summed E-state index contributed by atoms with van der Waals surface area (Å²) in [5.41, 5.74) is -0.0792. The van der Waals surface area contributed by atoms with Gasteiger partial charge in [0.2, 0.25) is 0 Å². The standard InChI is InChI=1S/C26H32NOP/c1-26(19-11-21-27(26)28)20-12-22-29(23-13-5-2-6-14-23,24-15-7-3-8-16-24)25-17-9-4-10-18-25/h2-10,13-18,28-29H,11-12,19-22H2,1H3. The summed E-state index contributed by atoms with van der Waals surface area (Å²) in [5.74, 6) is 0. The molecule has 3 aromatic rings. The molecule has 0 amide bonds. The second-order valence-corrected chi connectivity index (χ2v) is 12.6. The van der Waals surface area contributed by atoms with Crippen LogP contribution in [0.1, 0.15) is 32.6 Å². The Morgan fingerprint density at radius 1 is 0.793 bits per heavy atom. The molecular weight excluding hydrogens is 373 g/mol. The van der Waals surface area contributed by atoms with Gasteiger partial charge in [0.25, 0.3) is 0 Å². The van der Waals surface area contributed by atoms with E-state index in [1.807, 2.05) is 0 Å². The molecule has 0 aliphatic carbocycles. The monoisotopic (exact) mass is 405 g/mol. The first kappa shape index (κ1) is 20.3. The first-order chi connectivity index (χ1) is 14.2. The van der Waals surface area contributed by atoms with Gasteiger partial charge in [-0.2, -0.15) is 0 Å². The molecule has 0 radical (unpaired) electrons. The molecule has 1 atom stereocenters. The van der Waals surface area contributed by atoms with Crippen molar-refractivity contribution in [1.82, 2.24) is 5.06 Å². The van der Waals surface area contributed by atoms with Crippen LogP contribution in [0.2, 0.25) is 0 Å². The predicted octanol–water partition coefficient (Wildman–Crippen LogP) is 4.74. The Bertz CT molecular complexity index is 803. The van der Waals surface area contributed by atoms with Gasteiger partial charge in [0, 0.05) is 0 Å². The zero-order valence-electron chi connectivity index (χ0n) is 17.3. The Hall–Kier alpha value is -1.99. The molecule has 0 aromatic heterocycles. The minimum atomic E-state index is -2.15. The van der Waals surface area contributed by atoms with Crippen LogP contribution in [0.15, 0.2) is 91.0 Å². The molecule has 0 saturated carbocycles. The van der Waals surface area contributed by atoms with E-state index >= 15 is 0 Å². The van der Waals surface area contributed by atoms with Crippen LogP contribution < -0.4 is 15.9 Å². The van der Waals surface area contributed by atoms with Crippen molar-refractivity contribution in [2.24, 2.45) is 0 Å². The number of hydrogen-bond donors (Lipinski definition) is 1. The van der Waals surface area contributed by atoms with Crippen molar-refractivity contribution in [3.8, 4) is 0 Å². The Labute approximate surface area is 175 Å². The molecule has 2 nitrogen and oxygen atoms in total. The molecule has 29 heavy (non-hydrogen) atoms. The topological polar surface area (TPSA) is 23.5 Å². The van der Waals surface area contributed by atoms with Gasteiger partial charge in [-0.3, -0.25) is 0 Å². The van der Waals surface area contributed by atoms with Gasteiger partial charge in [-0.15, -0.1) is 0 Å². The first-order valence-electron chi connectivity index (χ1n) is 10.8. The van der Waals surface area contributed by atoms with Crippen molar-refractivity contribution in [2.75, 3.05) is 12.7 Å². The van der Waals surface area contributed by atoms with Gasteiger partial charge < -0.3 is 0 Å². The molecule has 0 spiro atoms. The maximum atomic E-state index is 10.4. The third kappa shape index (κ3) is 4.03. The van der Waals surface area contributed by atoms with E-state index in [9.17, 15) is 5.21 Å². The molecule has 1 N–H and O–H groups in total. The number of hydrogen-bond acceptors (Lipinski definition) is 2. The van der Waals surface area contributed by atoms with E-state index in [-0.39, 0.29) is 5.54 Å². The molecule has 1 heterocycles. The van der Waals surface area contributed by atoms with E-state index in [0.29, 0.717) is 0 Å². The summed E-state index contributed by atoms with van der Waals surface area (Å²) in [6.07, 6.45) is 5.46. The van der Waals surface area contributed by atoms with Gasteiger partial charge in [-0.1, -0.05) is 0 Å². The van der Waals surface area contributed by atoms with E-state index < -0.39 is 7.26 Å². The van der Waals surface area contributed by atoms with Crippen LogP contribution in [0.4, 0.5) is 0 Å². The first-order valence-corrected chi connectivity index (χ1v) is 13.0. The minimum absolute atomic E-state index is 0.0792. The van der Waals surface area contributed by atoms with E-state index in [0.717, 1.165) is 38.4 Å². The van der Waals surface area contributed by atoms with Crippen LogP contribution in [-0.4, -0.2) is 28.5 Å². The molecular formula is C26H32NOP. The molecule has 0 bridgehead atoms. The van der Waals surface area contributed by atoms with Crippen molar-refractivity contribution in [1.29, 1.82) is 0 Å². The van der Waals surface area contributed by atoms with Crippen LogP contribution in [0.3, 0.4) is 0 Å². The molecule has 1 fully saturated rings. The van der Waals surface area contributed by atoms with Crippen LogP contribution >= 0.6 is 7.26 Å². The predicted molar refractivity (Wildman–Crippen MR) is 127 cm³/mol. The van der Waals surface area contributed by atoms with Gasteiger partial charge in [0.1, 0.15) is 0 Å².